The third-order valence-electron chi connectivity index (χ3n) is 3.12. The highest BCUT2D eigenvalue weighted by molar-refractivity contribution is 5.85. The van der Waals surface area contributed by atoms with Crippen molar-refractivity contribution in [1.82, 2.24) is 4.90 Å². The summed E-state index contributed by atoms with van der Waals surface area (Å²) in [5, 5.41) is 0. The minimum atomic E-state index is 0. The topological polar surface area (TPSA) is 46.3 Å². The molecule has 0 radical (unpaired) electrons. The highest BCUT2D eigenvalue weighted by Crippen LogP contribution is 2.19. The van der Waals surface area contributed by atoms with Crippen molar-refractivity contribution in [3.05, 3.63) is 12.7 Å². The van der Waals surface area contributed by atoms with Gasteiger partial charge in [-0.15, -0.1) is 31.4 Å². The van der Waals surface area contributed by atoms with Crippen LogP contribution in [-0.4, -0.2) is 29.9 Å². The van der Waals surface area contributed by atoms with E-state index in [-0.39, 0.29) is 36.8 Å². The van der Waals surface area contributed by atoms with Crippen molar-refractivity contribution >= 4 is 30.7 Å². The Balaban J connectivity index is 0. The lowest BCUT2D eigenvalue weighted by molar-refractivity contribution is -0.133. The zero-order valence-electron chi connectivity index (χ0n) is 10.4. The molecular weight excluding hydrogens is 259 g/mol. The van der Waals surface area contributed by atoms with Gasteiger partial charge in [-0.1, -0.05) is 6.08 Å². The Kier molecular flexibility index (Phi) is 10.9. The Morgan fingerprint density at radius 2 is 2.24 bits per heavy atom. The number of carbonyl (C=O) groups excluding carboxylic acids is 1. The summed E-state index contributed by atoms with van der Waals surface area (Å²) < 4.78 is 0. The summed E-state index contributed by atoms with van der Waals surface area (Å²) in [7, 11) is 0. The number of likely N-dealkylation sites (tertiary alicyclic amines) is 1. The molecule has 1 heterocycles. The Labute approximate surface area is 117 Å². The van der Waals surface area contributed by atoms with Gasteiger partial charge in [-0.05, 0) is 32.1 Å². The largest absolute Gasteiger partial charge is 0.342 e. The van der Waals surface area contributed by atoms with Crippen molar-refractivity contribution in [2.45, 2.75) is 38.6 Å². The van der Waals surface area contributed by atoms with Crippen LogP contribution in [0.3, 0.4) is 0 Å². The van der Waals surface area contributed by atoms with E-state index < -0.39 is 0 Å². The van der Waals surface area contributed by atoms with E-state index in [1.165, 1.54) is 0 Å². The molecule has 1 rings (SSSR count). The van der Waals surface area contributed by atoms with Crippen molar-refractivity contribution in [3.63, 3.8) is 0 Å². The number of nitrogens with two attached hydrogens (primary N) is 1. The molecule has 0 saturated carbocycles. The molecule has 1 aliphatic heterocycles. The first kappa shape index (κ1) is 19.1. The highest BCUT2D eigenvalue weighted by Gasteiger charge is 2.25. The summed E-state index contributed by atoms with van der Waals surface area (Å²) in [5.41, 5.74) is 5.88. The monoisotopic (exact) mass is 282 g/mol. The predicted octanol–water partition coefficient (Wildman–Crippen LogP) is 2.38. The maximum Gasteiger partial charge on any atom is 0.222 e. The average Bonchev–Trinajstić information content (AvgIpc) is 2.26. The van der Waals surface area contributed by atoms with Gasteiger partial charge in [-0.3, -0.25) is 4.79 Å². The molecule has 2 atom stereocenters. The molecule has 0 aromatic heterocycles. The van der Waals surface area contributed by atoms with E-state index in [0.717, 1.165) is 32.4 Å². The zero-order chi connectivity index (χ0) is 11.3. The van der Waals surface area contributed by atoms with Gasteiger partial charge in [0, 0.05) is 25.6 Å². The number of carbonyl (C=O) groups is 1. The number of hydrogen-bond acceptors (Lipinski definition) is 2. The smallest absolute Gasteiger partial charge is 0.222 e. The molecule has 17 heavy (non-hydrogen) atoms. The Morgan fingerprint density at radius 1 is 1.59 bits per heavy atom. The fraction of sp³-hybridized carbons (Fsp3) is 0.750. The summed E-state index contributed by atoms with van der Waals surface area (Å²) in [4.78, 5) is 13.7. The maximum absolute atomic E-state index is 11.8. The molecule has 2 N–H and O–H groups in total. The van der Waals surface area contributed by atoms with Crippen LogP contribution in [0.1, 0.15) is 32.6 Å². The van der Waals surface area contributed by atoms with Gasteiger partial charge in [0.2, 0.25) is 5.91 Å². The Bertz CT molecular complexity index is 235. The van der Waals surface area contributed by atoms with E-state index in [9.17, 15) is 4.79 Å². The standard InChI is InChI=1S/C12H22N2O.2ClH/c1-3-4-7-12(15)14-8-5-6-11(9-14)10(2)13;;/h3,10-11H,1,4-9,13H2,2H3;2*1H. The minimum Gasteiger partial charge on any atom is -0.342 e. The minimum absolute atomic E-state index is 0. The van der Waals surface area contributed by atoms with Gasteiger partial charge < -0.3 is 10.6 Å². The van der Waals surface area contributed by atoms with E-state index in [4.69, 9.17) is 5.73 Å². The van der Waals surface area contributed by atoms with Crippen molar-refractivity contribution in [2.75, 3.05) is 13.1 Å². The summed E-state index contributed by atoms with van der Waals surface area (Å²) >= 11 is 0. The van der Waals surface area contributed by atoms with Crippen LogP contribution in [0, 0.1) is 5.92 Å². The lowest BCUT2D eigenvalue weighted by atomic mass is 9.92. The molecule has 1 aliphatic rings. The van der Waals surface area contributed by atoms with Crippen LogP contribution in [0.15, 0.2) is 12.7 Å². The second-order valence-electron chi connectivity index (χ2n) is 4.43. The highest BCUT2D eigenvalue weighted by atomic mass is 35.5. The van der Waals surface area contributed by atoms with E-state index >= 15 is 0 Å². The molecule has 0 aliphatic carbocycles. The van der Waals surface area contributed by atoms with Crippen LogP contribution in [0.2, 0.25) is 0 Å². The number of allylic oxidation sites excluding steroid dienone is 1. The predicted molar refractivity (Wildman–Crippen MR) is 76.9 cm³/mol. The molecule has 0 bridgehead atoms. The third kappa shape index (κ3) is 6.29. The van der Waals surface area contributed by atoms with Gasteiger partial charge in [0.05, 0.1) is 0 Å². The van der Waals surface area contributed by atoms with Crippen LogP contribution in [0.5, 0.6) is 0 Å². The fourth-order valence-electron chi connectivity index (χ4n) is 2.05. The molecule has 0 aromatic rings. The summed E-state index contributed by atoms with van der Waals surface area (Å²) in [5.74, 6) is 0.728. The maximum atomic E-state index is 11.8. The number of rotatable bonds is 4. The molecule has 2 unspecified atom stereocenters. The third-order valence-corrected chi connectivity index (χ3v) is 3.12. The molecular formula is C12H24Cl2N2O. The van der Waals surface area contributed by atoms with E-state index in [1.54, 1.807) is 6.08 Å². The average molecular weight is 283 g/mol. The van der Waals surface area contributed by atoms with Crippen LogP contribution in [0.25, 0.3) is 0 Å². The van der Waals surface area contributed by atoms with Crippen LogP contribution < -0.4 is 5.73 Å². The first-order valence-corrected chi connectivity index (χ1v) is 5.79. The van der Waals surface area contributed by atoms with Gasteiger partial charge in [0.1, 0.15) is 0 Å². The van der Waals surface area contributed by atoms with E-state index in [2.05, 4.69) is 6.58 Å². The normalized spacial score (nSPS) is 20.8. The molecule has 5 heteroatoms. The van der Waals surface area contributed by atoms with Crippen LogP contribution >= 0.6 is 24.8 Å². The number of nitrogens with zero attached hydrogens (tertiary/aromatic N) is 1. The van der Waals surface area contributed by atoms with Crippen molar-refractivity contribution in [1.29, 1.82) is 0 Å². The second kappa shape index (κ2) is 9.75. The molecule has 3 nitrogen and oxygen atoms in total. The molecule has 1 saturated heterocycles. The number of hydrogen-bond donors (Lipinski definition) is 1. The first-order chi connectivity index (χ1) is 7.15. The summed E-state index contributed by atoms with van der Waals surface area (Å²) in [6.45, 7) is 7.40. The van der Waals surface area contributed by atoms with E-state index in [0.29, 0.717) is 12.3 Å². The van der Waals surface area contributed by atoms with E-state index in [1.807, 2.05) is 11.8 Å². The van der Waals surface area contributed by atoms with Crippen molar-refractivity contribution in [3.8, 4) is 0 Å². The van der Waals surface area contributed by atoms with Gasteiger partial charge in [-0.2, -0.15) is 0 Å². The van der Waals surface area contributed by atoms with Crippen molar-refractivity contribution < 1.29 is 4.79 Å². The van der Waals surface area contributed by atoms with Gasteiger partial charge >= 0.3 is 0 Å². The molecule has 1 fully saturated rings. The van der Waals surface area contributed by atoms with Crippen molar-refractivity contribution in [2.24, 2.45) is 11.7 Å². The fourth-order valence-corrected chi connectivity index (χ4v) is 2.05. The van der Waals surface area contributed by atoms with Gasteiger partial charge in [-0.25, -0.2) is 0 Å². The number of piperidine rings is 1. The van der Waals surface area contributed by atoms with Gasteiger partial charge in [0.25, 0.3) is 0 Å². The molecule has 0 spiro atoms. The van der Waals surface area contributed by atoms with Gasteiger partial charge in [0.15, 0.2) is 0 Å². The zero-order valence-corrected chi connectivity index (χ0v) is 12.1. The quantitative estimate of drug-likeness (QED) is 0.805. The summed E-state index contributed by atoms with van der Waals surface area (Å²) in [6.07, 6.45) is 5.41. The lowest BCUT2D eigenvalue weighted by Crippen LogP contribution is -2.44. The number of amides is 1. The molecule has 0 aromatic carbocycles. The Hall–Kier alpha value is -0.250. The van der Waals surface area contributed by atoms with Crippen LogP contribution in [-0.2, 0) is 4.79 Å². The second-order valence-corrected chi connectivity index (χ2v) is 4.43. The summed E-state index contributed by atoms with van der Waals surface area (Å²) in [6, 6.07) is 0.194. The number of halogens is 2. The first-order valence-electron chi connectivity index (χ1n) is 5.79. The SMILES string of the molecule is C=CCCC(=O)N1CCCC(C(C)N)C1.Cl.Cl. The molecule has 102 valence electrons. The Morgan fingerprint density at radius 3 is 2.76 bits per heavy atom. The van der Waals surface area contributed by atoms with Crippen LogP contribution in [0.4, 0.5) is 0 Å². The molecule has 1 amide bonds. The lowest BCUT2D eigenvalue weighted by Gasteiger charge is -2.34.